The third-order valence-corrected chi connectivity index (χ3v) is 2.97. The van der Waals surface area contributed by atoms with Crippen molar-refractivity contribution in [2.45, 2.75) is 25.8 Å². The number of aromatic nitrogens is 3. The lowest BCUT2D eigenvalue weighted by Gasteiger charge is -2.04. The van der Waals surface area contributed by atoms with Gasteiger partial charge in [-0.3, -0.25) is 4.68 Å². The molecule has 0 aliphatic rings. The summed E-state index contributed by atoms with van der Waals surface area (Å²) in [5.41, 5.74) is 0.796. The second-order valence-corrected chi connectivity index (χ2v) is 4.46. The molecular formula is C12H13Cl2N3O. The quantitative estimate of drug-likeness (QED) is 0.783. The van der Waals surface area contributed by atoms with E-state index in [4.69, 9.17) is 27.9 Å². The minimum Gasteiger partial charge on any atom is -0.436 e. The van der Waals surface area contributed by atoms with Crippen LogP contribution in [0.1, 0.15) is 18.9 Å². The molecule has 18 heavy (non-hydrogen) atoms. The summed E-state index contributed by atoms with van der Waals surface area (Å²) < 4.78 is 7.42. The van der Waals surface area contributed by atoms with E-state index >= 15 is 0 Å². The van der Waals surface area contributed by atoms with E-state index in [2.05, 4.69) is 17.0 Å². The zero-order valence-corrected chi connectivity index (χ0v) is 11.4. The average molecular weight is 286 g/mol. The molecule has 0 saturated heterocycles. The molecule has 0 amide bonds. The van der Waals surface area contributed by atoms with Crippen molar-refractivity contribution in [2.24, 2.45) is 0 Å². The Balaban J connectivity index is 2.12. The number of rotatable bonds is 5. The molecule has 0 saturated carbocycles. The van der Waals surface area contributed by atoms with Crippen molar-refractivity contribution in [2.75, 3.05) is 0 Å². The van der Waals surface area contributed by atoms with Gasteiger partial charge in [0.25, 0.3) is 0 Å². The summed E-state index contributed by atoms with van der Waals surface area (Å²) in [6, 6.07) is 1.73. The molecule has 0 unspecified atom stereocenters. The Labute approximate surface area is 115 Å². The molecule has 6 heteroatoms. The molecule has 96 valence electrons. The van der Waals surface area contributed by atoms with Gasteiger partial charge in [0.15, 0.2) is 5.75 Å². The van der Waals surface area contributed by atoms with E-state index in [1.54, 1.807) is 12.3 Å². The minimum absolute atomic E-state index is 0.326. The number of ether oxygens (including phenoxy) is 1. The Kier molecular flexibility index (Phi) is 4.44. The van der Waals surface area contributed by atoms with Crippen molar-refractivity contribution in [3.05, 3.63) is 35.2 Å². The maximum absolute atomic E-state index is 5.93. The number of halogens is 2. The molecular weight excluding hydrogens is 273 g/mol. The molecule has 0 radical (unpaired) electrons. The Morgan fingerprint density at radius 2 is 2.22 bits per heavy atom. The van der Waals surface area contributed by atoms with Crippen LogP contribution in [0.5, 0.6) is 11.6 Å². The molecule has 0 aliphatic carbocycles. The van der Waals surface area contributed by atoms with E-state index < -0.39 is 0 Å². The molecule has 0 atom stereocenters. The molecule has 2 heterocycles. The summed E-state index contributed by atoms with van der Waals surface area (Å²) in [7, 11) is 0. The molecule has 0 aromatic carbocycles. The van der Waals surface area contributed by atoms with Crippen molar-refractivity contribution >= 4 is 23.2 Å². The van der Waals surface area contributed by atoms with Crippen LogP contribution in [-0.2, 0) is 12.4 Å². The fourth-order valence-electron chi connectivity index (χ4n) is 1.49. The lowest BCUT2D eigenvalue weighted by Crippen LogP contribution is -1.95. The highest BCUT2D eigenvalue weighted by Gasteiger charge is 2.06. The van der Waals surface area contributed by atoms with Crippen molar-refractivity contribution in [1.29, 1.82) is 0 Å². The van der Waals surface area contributed by atoms with Crippen LogP contribution in [0, 0.1) is 0 Å². The van der Waals surface area contributed by atoms with Crippen LogP contribution in [0.2, 0.25) is 5.02 Å². The smallest absolute Gasteiger partial charge is 0.219 e. The van der Waals surface area contributed by atoms with Gasteiger partial charge in [0, 0.05) is 24.7 Å². The number of alkyl halides is 1. The molecule has 2 aromatic rings. The van der Waals surface area contributed by atoms with Crippen LogP contribution in [0.4, 0.5) is 0 Å². The van der Waals surface area contributed by atoms with Gasteiger partial charge < -0.3 is 4.74 Å². The maximum atomic E-state index is 5.93. The van der Waals surface area contributed by atoms with Crippen molar-refractivity contribution in [3.63, 3.8) is 0 Å². The fraction of sp³-hybridized carbons (Fsp3) is 0.333. The molecule has 2 rings (SSSR count). The summed E-state index contributed by atoms with van der Waals surface area (Å²) in [5, 5.41) is 4.71. The molecule has 0 N–H and O–H groups in total. The Hall–Kier alpha value is -1.26. The topological polar surface area (TPSA) is 39.9 Å². The van der Waals surface area contributed by atoms with Crippen LogP contribution in [0.15, 0.2) is 24.7 Å². The minimum atomic E-state index is 0.326. The monoisotopic (exact) mass is 285 g/mol. The van der Waals surface area contributed by atoms with Gasteiger partial charge >= 0.3 is 0 Å². The first-order chi connectivity index (χ1) is 8.72. The Morgan fingerprint density at radius 3 is 2.94 bits per heavy atom. The fourth-order valence-corrected chi connectivity index (χ4v) is 1.95. The summed E-state index contributed by atoms with van der Waals surface area (Å²) in [6.07, 6.45) is 6.05. The predicted octanol–water partition coefficient (Wildman–Crippen LogP) is 3.87. The number of pyridine rings is 1. The second-order valence-electron chi connectivity index (χ2n) is 3.79. The predicted molar refractivity (Wildman–Crippen MR) is 71.4 cm³/mol. The van der Waals surface area contributed by atoms with Gasteiger partial charge in [-0.1, -0.05) is 18.5 Å². The zero-order valence-electron chi connectivity index (χ0n) is 9.94. The highest BCUT2D eigenvalue weighted by Crippen LogP contribution is 2.24. The van der Waals surface area contributed by atoms with E-state index in [0.29, 0.717) is 22.5 Å². The normalized spacial score (nSPS) is 10.6. The van der Waals surface area contributed by atoms with E-state index in [1.807, 2.05) is 10.9 Å². The highest BCUT2D eigenvalue weighted by atomic mass is 35.5. The third kappa shape index (κ3) is 3.15. The van der Waals surface area contributed by atoms with Gasteiger partial charge in [0.2, 0.25) is 5.88 Å². The Morgan fingerprint density at radius 1 is 1.39 bits per heavy atom. The van der Waals surface area contributed by atoms with E-state index in [1.165, 1.54) is 6.20 Å². The lowest BCUT2D eigenvalue weighted by molar-refractivity contribution is 0.461. The average Bonchev–Trinajstić information content (AvgIpc) is 2.80. The number of nitrogens with zero attached hydrogens (tertiary/aromatic N) is 3. The molecule has 0 fully saturated rings. The second kappa shape index (κ2) is 6.07. The van der Waals surface area contributed by atoms with Crippen molar-refractivity contribution < 1.29 is 4.74 Å². The summed E-state index contributed by atoms with van der Waals surface area (Å²) in [6.45, 7) is 2.96. The van der Waals surface area contributed by atoms with Crippen LogP contribution < -0.4 is 4.74 Å². The van der Waals surface area contributed by atoms with E-state index in [0.717, 1.165) is 18.5 Å². The number of hydrogen-bond donors (Lipinski definition) is 0. The molecule has 0 bridgehead atoms. The van der Waals surface area contributed by atoms with E-state index in [-0.39, 0.29) is 0 Å². The highest BCUT2D eigenvalue weighted by molar-refractivity contribution is 6.32. The van der Waals surface area contributed by atoms with Gasteiger partial charge in [-0.25, -0.2) is 4.98 Å². The first kappa shape index (κ1) is 13.2. The van der Waals surface area contributed by atoms with Gasteiger partial charge in [0.1, 0.15) is 0 Å². The first-order valence-corrected chi connectivity index (χ1v) is 6.55. The zero-order chi connectivity index (χ0) is 13.0. The van der Waals surface area contributed by atoms with E-state index in [9.17, 15) is 0 Å². The van der Waals surface area contributed by atoms with Crippen LogP contribution in [-0.4, -0.2) is 14.8 Å². The van der Waals surface area contributed by atoms with Gasteiger partial charge in [-0.05, 0) is 12.0 Å². The molecule has 0 aliphatic heterocycles. The number of aryl methyl sites for hydroxylation is 1. The van der Waals surface area contributed by atoms with Crippen LogP contribution in [0.3, 0.4) is 0 Å². The largest absolute Gasteiger partial charge is 0.436 e. The summed E-state index contributed by atoms with van der Waals surface area (Å²) >= 11 is 11.7. The van der Waals surface area contributed by atoms with Crippen LogP contribution in [0.25, 0.3) is 0 Å². The van der Waals surface area contributed by atoms with Crippen LogP contribution >= 0.6 is 23.2 Å². The van der Waals surface area contributed by atoms with Crippen molar-refractivity contribution in [1.82, 2.24) is 14.8 Å². The van der Waals surface area contributed by atoms with Crippen molar-refractivity contribution in [3.8, 4) is 11.6 Å². The maximum Gasteiger partial charge on any atom is 0.219 e. The van der Waals surface area contributed by atoms with Gasteiger partial charge in [0.05, 0.1) is 17.4 Å². The SMILES string of the molecule is CCCn1cc(Oc2cc(CCl)c(Cl)cn2)cn1. The first-order valence-electron chi connectivity index (χ1n) is 5.63. The molecule has 2 aromatic heterocycles. The molecule has 4 nitrogen and oxygen atoms in total. The molecule has 0 spiro atoms. The summed E-state index contributed by atoms with van der Waals surface area (Å²) in [4.78, 5) is 4.09. The number of hydrogen-bond acceptors (Lipinski definition) is 3. The Bertz CT molecular complexity index is 528. The lowest BCUT2D eigenvalue weighted by atomic mass is 10.3. The van der Waals surface area contributed by atoms with Gasteiger partial charge in [-0.2, -0.15) is 5.10 Å². The standard InChI is InChI=1S/C12H13Cl2N3O/c1-2-3-17-8-10(6-16-17)18-12-4-9(5-13)11(14)7-15-12/h4,6-8H,2-3,5H2,1H3. The third-order valence-electron chi connectivity index (χ3n) is 2.34. The summed E-state index contributed by atoms with van der Waals surface area (Å²) in [5.74, 6) is 1.44. The van der Waals surface area contributed by atoms with Gasteiger partial charge in [-0.15, -0.1) is 11.6 Å².